The molecule has 35 heavy (non-hydrogen) atoms. The van der Waals surface area contributed by atoms with E-state index in [1.165, 1.54) is 11.1 Å². The van der Waals surface area contributed by atoms with Crippen LogP contribution in [0.3, 0.4) is 0 Å². The first-order valence-corrected chi connectivity index (χ1v) is 12.7. The number of nitrogens with zero attached hydrogens (tertiary/aromatic N) is 1. The lowest BCUT2D eigenvalue weighted by molar-refractivity contribution is -0.124. The maximum atomic E-state index is 13.8. The summed E-state index contributed by atoms with van der Waals surface area (Å²) in [7, 11) is 0. The average molecular weight is 469 g/mol. The minimum atomic E-state index is -0.512. The summed E-state index contributed by atoms with van der Waals surface area (Å²) >= 11 is 0. The van der Waals surface area contributed by atoms with Gasteiger partial charge >= 0.3 is 0 Å². The molecule has 1 atom stereocenters. The van der Waals surface area contributed by atoms with Gasteiger partial charge in [0.15, 0.2) is 0 Å². The maximum absolute atomic E-state index is 13.8. The molecule has 2 aromatic carbocycles. The molecule has 1 unspecified atom stereocenters. The largest absolute Gasteiger partial charge is 0.464 e. The van der Waals surface area contributed by atoms with Crippen LogP contribution in [0, 0.1) is 26.7 Å². The molecule has 0 spiro atoms. The number of aryl methyl sites for hydroxylation is 3. The number of carbonyl (C=O) groups excluding carboxylic acids is 2. The lowest BCUT2D eigenvalue weighted by atomic mass is 9.91. The van der Waals surface area contributed by atoms with Crippen LogP contribution in [0.5, 0.6) is 0 Å². The Morgan fingerprint density at radius 2 is 1.83 bits per heavy atom. The Morgan fingerprint density at radius 3 is 2.49 bits per heavy atom. The monoisotopic (exact) mass is 468 g/mol. The highest BCUT2D eigenvalue weighted by Gasteiger charge is 2.52. The summed E-state index contributed by atoms with van der Waals surface area (Å²) in [4.78, 5) is 28.4. The fraction of sp³-hybridized carbons (Fsp3) is 0.400. The number of rotatable bonds is 6. The first kappa shape index (κ1) is 22.1. The number of fused-ring (bicyclic) bond motifs is 1. The van der Waals surface area contributed by atoms with Crippen LogP contribution in [0.15, 0.2) is 52.9 Å². The van der Waals surface area contributed by atoms with Crippen LogP contribution in [0.4, 0.5) is 5.69 Å². The van der Waals surface area contributed by atoms with Gasteiger partial charge in [0, 0.05) is 18.2 Å². The number of carbonyl (C=O) groups is 2. The molecule has 2 saturated carbocycles. The Morgan fingerprint density at radius 1 is 1.03 bits per heavy atom. The molecule has 5 heteroatoms. The Kier molecular flexibility index (Phi) is 5.13. The number of nitrogens with one attached hydrogen (secondary N) is 1. The third-order valence-corrected chi connectivity index (χ3v) is 7.96. The van der Waals surface area contributed by atoms with Crippen LogP contribution in [0.25, 0.3) is 0 Å². The van der Waals surface area contributed by atoms with E-state index in [-0.39, 0.29) is 23.8 Å². The molecule has 0 saturated heterocycles. The minimum Gasteiger partial charge on any atom is -0.464 e. The van der Waals surface area contributed by atoms with Gasteiger partial charge in [0.1, 0.15) is 17.6 Å². The summed E-state index contributed by atoms with van der Waals surface area (Å²) < 4.78 is 5.99. The number of benzene rings is 2. The van der Waals surface area contributed by atoms with E-state index in [1.807, 2.05) is 24.0 Å². The summed E-state index contributed by atoms with van der Waals surface area (Å²) in [5.74, 6) is 2.10. The van der Waals surface area contributed by atoms with Crippen molar-refractivity contribution < 1.29 is 14.0 Å². The van der Waals surface area contributed by atoms with Crippen LogP contribution in [0.1, 0.15) is 71.1 Å². The standard InChI is InChI=1S/C30H32N2O3/c1-18-4-9-24(19(2)16-18)27(26-11-5-20(3)35-26)31-29(34)30(13-14-30)23-8-10-25-22(17-23)12-15-32(25)28(33)21-6-7-21/h4-5,8-11,16-17,21,27H,6-7,12-15H2,1-3H3,(H,31,34). The topological polar surface area (TPSA) is 62.6 Å². The van der Waals surface area contributed by atoms with Crippen LogP contribution in [-0.2, 0) is 21.4 Å². The molecule has 1 aromatic heterocycles. The van der Waals surface area contributed by atoms with Gasteiger partial charge in [-0.25, -0.2) is 0 Å². The average Bonchev–Trinajstić information content (AvgIpc) is 3.76. The van der Waals surface area contributed by atoms with E-state index in [2.05, 4.69) is 55.6 Å². The van der Waals surface area contributed by atoms with Gasteiger partial charge in [-0.15, -0.1) is 0 Å². The zero-order chi connectivity index (χ0) is 24.3. The molecule has 3 aliphatic rings. The number of anilines is 1. The summed E-state index contributed by atoms with van der Waals surface area (Å²) in [6, 6.07) is 16.2. The van der Waals surface area contributed by atoms with Crippen molar-refractivity contribution in [2.75, 3.05) is 11.4 Å². The second-order valence-corrected chi connectivity index (χ2v) is 10.7. The van der Waals surface area contributed by atoms with Crippen LogP contribution in [0.2, 0.25) is 0 Å². The van der Waals surface area contributed by atoms with Crippen molar-refractivity contribution in [3.8, 4) is 0 Å². The van der Waals surface area contributed by atoms with Gasteiger partial charge in [0.25, 0.3) is 0 Å². The third kappa shape index (κ3) is 3.87. The molecule has 0 bridgehead atoms. The second-order valence-electron chi connectivity index (χ2n) is 10.7. The fourth-order valence-corrected chi connectivity index (χ4v) is 5.58. The second kappa shape index (κ2) is 8.11. The van der Waals surface area contributed by atoms with Gasteiger partial charge in [-0.05, 0) is 93.3 Å². The van der Waals surface area contributed by atoms with Crippen molar-refractivity contribution in [2.45, 2.75) is 64.3 Å². The lowest BCUT2D eigenvalue weighted by Gasteiger charge is -2.24. The summed E-state index contributed by atoms with van der Waals surface area (Å²) in [5.41, 5.74) is 6.14. The molecule has 1 aliphatic heterocycles. The van der Waals surface area contributed by atoms with Gasteiger partial charge in [-0.3, -0.25) is 9.59 Å². The first-order chi connectivity index (χ1) is 16.9. The molecule has 3 aromatic rings. The van der Waals surface area contributed by atoms with E-state index in [0.717, 1.165) is 72.5 Å². The number of hydrogen-bond acceptors (Lipinski definition) is 3. The highest BCUT2D eigenvalue weighted by molar-refractivity contribution is 5.98. The van der Waals surface area contributed by atoms with Gasteiger partial charge in [-0.1, -0.05) is 35.9 Å². The van der Waals surface area contributed by atoms with E-state index < -0.39 is 5.41 Å². The summed E-state index contributed by atoms with van der Waals surface area (Å²) in [6.07, 6.45) is 4.56. The van der Waals surface area contributed by atoms with Crippen molar-refractivity contribution in [3.63, 3.8) is 0 Å². The molecule has 0 radical (unpaired) electrons. The van der Waals surface area contributed by atoms with Gasteiger partial charge in [0.2, 0.25) is 11.8 Å². The molecular weight excluding hydrogens is 436 g/mol. The Bertz CT molecular complexity index is 1330. The minimum absolute atomic E-state index is 0.0420. The zero-order valence-electron chi connectivity index (χ0n) is 20.7. The smallest absolute Gasteiger partial charge is 0.231 e. The molecule has 2 fully saturated rings. The van der Waals surface area contributed by atoms with Gasteiger partial charge < -0.3 is 14.6 Å². The van der Waals surface area contributed by atoms with Crippen molar-refractivity contribution in [3.05, 3.63) is 87.9 Å². The number of furan rings is 1. The SMILES string of the molecule is Cc1ccc(C(NC(=O)C2(c3ccc4c(c3)CCN4C(=O)C3CC3)CC2)c2ccc(C)o2)c(C)c1. The van der Waals surface area contributed by atoms with E-state index in [9.17, 15) is 9.59 Å². The maximum Gasteiger partial charge on any atom is 0.231 e. The summed E-state index contributed by atoms with van der Waals surface area (Å²) in [5, 5.41) is 3.35. The molecular formula is C30H32N2O3. The number of hydrogen-bond donors (Lipinski definition) is 1. The fourth-order valence-electron chi connectivity index (χ4n) is 5.58. The van der Waals surface area contributed by atoms with E-state index in [4.69, 9.17) is 4.42 Å². The lowest BCUT2D eigenvalue weighted by Crippen LogP contribution is -2.38. The molecule has 180 valence electrons. The molecule has 6 rings (SSSR count). The predicted octanol–water partition coefficient (Wildman–Crippen LogP) is 5.44. The highest BCUT2D eigenvalue weighted by atomic mass is 16.3. The van der Waals surface area contributed by atoms with Crippen molar-refractivity contribution in [1.82, 2.24) is 5.32 Å². The van der Waals surface area contributed by atoms with E-state index in [1.54, 1.807) is 0 Å². The van der Waals surface area contributed by atoms with Crippen molar-refractivity contribution in [1.29, 1.82) is 0 Å². The third-order valence-electron chi connectivity index (χ3n) is 7.96. The number of amides is 2. The van der Waals surface area contributed by atoms with E-state index in [0.29, 0.717) is 0 Å². The van der Waals surface area contributed by atoms with Crippen LogP contribution >= 0.6 is 0 Å². The summed E-state index contributed by atoms with van der Waals surface area (Å²) in [6.45, 7) is 6.83. The van der Waals surface area contributed by atoms with Gasteiger partial charge in [0.05, 0.1) is 5.41 Å². The normalized spacial score (nSPS) is 18.8. The molecule has 2 amide bonds. The Labute approximate surface area is 206 Å². The molecule has 5 nitrogen and oxygen atoms in total. The molecule has 1 N–H and O–H groups in total. The molecule has 2 heterocycles. The highest BCUT2D eigenvalue weighted by Crippen LogP contribution is 2.50. The zero-order valence-corrected chi connectivity index (χ0v) is 20.7. The van der Waals surface area contributed by atoms with E-state index >= 15 is 0 Å². The van der Waals surface area contributed by atoms with Crippen molar-refractivity contribution >= 4 is 17.5 Å². The van der Waals surface area contributed by atoms with Crippen LogP contribution < -0.4 is 10.2 Å². The first-order valence-electron chi connectivity index (χ1n) is 12.7. The Balaban J connectivity index is 1.28. The molecule has 2 aliphatic carbocycles. The van der Waals surface area contributed by atoms with Crippen LogP contribution in [-0.4, -0.2) is 18.4 Å². The quantitative estimate of drug-likeness (QED) is 0.524. The predicted molar refractivity (Wildman–Crippen MR) is 135 cm³/mol. The Hall–Kier alpha value is -3.34. The van der Waals surface area contributed by atoms with Gasteiger partial charge in [-0.2, -0.15) is 0 Å². The van der Waals surface area contributed by atoms with Crippen molar-refractivity contribution in [2.24, 2.45) is 5.92 Å².